The zero-order valence-corrected chi connectivity index (χ0v) is 9.10. The summed E-state index contributed by atoms with van der Waals surface area (Å²) in [7, 11) is 0. The molecule has 1 aromatic carbocycles. The smallest absolute Gasteiger partial charge is 0.328 e. The first kappa shape index (κ1) is 11.5. The van der Waals surface area contributed by atoms with Crippen LogP contribution in [-0.2, 0) is 4.79 Å². The van der Waals surface area contributed by atoms with Crippen molar-refractivity contribution in [2.24, 2.45) is 5.92 Å². The third-order valence-corrected chi connectivity index (χ3v) is 2.07. The molecule has 0 radical (unpaired) electrons. The first-order valence-electron chi connectivity index (χ1n) is 5.08. The second-order valence-corrected chi connectivity index (χ2v) is 3.97. The van der Waals surface area contributed by atoms with Gasteiger partial charge in [0.05, 0.1) is 0 Å². The molecule has 0 bridgehead atoms. The van der Waals surface area contributed by atoms with Crippen molar-refractivity contribution in [1.82, 2.24) is 0 Å². The molecule has 1 aromatic rings. The predicted molar refractivity (Wildman–Crippen MR) is 61.5 cm³/mol. The SMILES string of the molecule is CC(C)C/C(=C\C(=O)O)c1ccccc1. The van der Waals surface area contributed by atoms with Crippen LogP contribution in [0.3, 0.4) is 0 Å². The number of aliphatic carboxylic acids is 1. The van der Waals surface area contributed by atoms with Crippen molar-refractivity contribution in [3.8, 4) is 0 Å². The zero-order valence-electron chi connectivity index (χ0n) is 9.10. The molecule has 1 N–H and O–H groups in total. The molecule has 0 heterocycles. The van der Waals surface area contributed by atoms with E-state index in [0.717, 1.165) is 17.6 Å². The van der Waals surface area contributed by atoms with Crippen LogP contribution >= 0.6 is 0 Å². The molecule has 0 saturated carbocycles. The second-order valence-electron chi connectivity index (χ2n) is 3.97. The quantitative estimate of drug-likeness (QED) is 0.765. The van der Waals surface area contributed by atoms with E-state index in [1.165, 1.54) is 6.08 Å². The maximum absolute atomic E-state index is 10.7. The number of carbonyl (C=O) groups is 1. The number of carboxylic acid groups (broad SMARTS) is 1. The number of carboxylic acids is 1. The van der Waals surface area contributed by atoms with Crippen LogP contribution in [0.25, 0.3) is 5.57 Å². The molecular formula is C13H16O2. The molecule has 15 heavy (non-hydrogen) atoms. The summed E-state index contributed by atoms with van der Waals surface area (Å²) in [6.07, 6.45) is 2.09. The van der Waals surface area contributed by atoms with Crippen molar-refractivity contribution in [3.05, 3.63) is 42.0 Å². The third kappa shape index (κ3) is 3.98. The summed E-state index contributed by atoms with van der Waals surface area (Å²) in [5.41, 5.74) is 1.88. The zero-order chi connectivity index (χ0) is 11.3. The van der Waals surface area contributed by atoms with Crippen LogP contribution in [0, 0.1) is 5.92 Å². The Labute approximate surface area is 90.3 Å². The van der Waals surface area contributed by atoms with Gasteiger partial charge in [0.2, 0.25) is 0 Å². The van der Waals surface area contributed by atoms with Gasteiger partial charge in [-0.15, -0.1) is 0 Å². The molecule has 0 aromatic heterocycles. The summed E-state index contributed by atoms with van der Waals surface area (Å²) < 4.78 is 0. The summed E-state index contributed by atoms with van der Waals surface area (Å²) in [6.45, 7) is 4.16. The van der Waals surface area contributed by atoms with Crippen molar-refractivity contribution in [3.63, 3.8) is 0 Å². The first-order chi connectivity index (χ1) is 7.09. The normalized spacial score (nSPS) is 11.8. The Morgan fingerprint density at radius 3 is 2.40 bits per heavy atom. The highest BCUT2D eigenvalue weighted by Gasteiger charge is 2.05. The van der Waals surface area contributed by atoms with E-state index in [1.807, 2.05) is 30.3 Å². The van der Waals surface area contributed by atoms with Crippen molar-refractivity contribution in [1.29, 1.82) is 0 Å². The maximum atomic E-state index is 10.7. The highest BCUT2D eigenvalue weighted by Crippen LogP contribution is 2.21. The Bertz CT molecular complexity index is 350. The van der Waals surface area contributed by atoms with Gasteiger partial charge in [0, 0.05) is 6.08 Å². The van der Waals surface area contributed by atoms with E-state index in [-0.39, 0.29) is 0 Å². The summed E-state index contributed by atoms with van der Waals surface area (Å²) in [4.78, 5) is 10.7. The lowest BCUT2D eigenvalue weighted by molar-refractivity contribution is -0.131. The molecule has 0 aliphatic rings. The second kappa shape index (κ2) is 5.35. The average molecular weight is 204 g/mol. The molecule has 2 heteroatoms. The van der Waals surface area contributed by atoms with E-state index in [4.69, 9.17) is 5.11 Å². The van der Waals surface area contributed by atoms with Gasteiger partial charge in [-0.3, -0.25) is 0 Å². The largest absolute Gasteiger partial charge is 0.478 e. The van der Waals surface area contributed by atoms with Crippen LogP contribution in [0.2, 0.25) is 0 Å². The molecular weight excluding hydrogens is 188 g/mol. The number of hydrogen-bond acceptors (Lipinski definition) is 1. The fourth-order valence-electron chi connectivity index (χ4n) is 1.50. The van der Waals surface area contributed by atoms with E-state index in [9.17, 15) is 4.79 Å². The molecule has 0 aliphatic heterocycles. The van der Waals surface area contributed by atoms with Gasteiger partial charge in [0.1, 0.15) is 0 Å². The van der Waals surface area contributed by atoms with E-state index in [2.05, 4.69) is 13.8 Å². The summed E-state index contributed by atoms with van der Waals surface area (Å²) in [6, 6.07) is 9.66. The topological polar surface area (TPSA) is 37.3 Å². The molecule has 0 amide bonds. The summed E-state index contributed by atoms with van der Waals surface area (Å²) in [5, 5.41) is 8.78. The number of allylic oxidation sites excluding steroid dienone is 1. The van der Waals surface area contributed by atoms with Gasteiger partial charge in [-0.05, 0) is 23.5 Å². The standard InChI is InChI=1S/C13H16O2/c1-10(2)8-12(9-13(14)15)11-6-4-3-5-7-11/h3-7,9-10H,8H2,1-2H3,(H,14,15)/b12-9+. The highest BCUT2D eigenvalue weighted by atomic mass is 16.4. The minimum atomic E-state index is -0.880. The van der Waals surface area contributed by atoms with Crippen LogP contribution in [0.1, 0.15) is 25.8 Å². The van der Waals surface area contributed by atoms with Gasteiger partial charge in [0.25, 0.3) is 0 Å². The van der Waals surface area contributed by atoms with Gasteiger partial charge >= 0.3 is 5.97 Å². The van der Waals surface area contributed by atoms with E-state index in [1.54, 1.807) is 0 Å². The van der Waals surface area contributed by atoms with E-state index >= 15 is 0 Å². The molecule has 0 unspecified atom stereocenters. The summed E-state index contributed by atoms with van der Waals surface area (Å²) in [5.74, 6) is -0.426. The van der Waals surface area contributed by atoms with Gasteiger partial charge < -0.3 is 5.11 Å². The fourth-order valence-corrected chi connectivity index (χ4v) is 1.50. The first-order valence-corrected chi connectivity index (χ1v) is 5.08. The Morgan fingerprint density at radius 2 is 1.93 bits per heavy atom. The number of rotatable bonds is 4. The maximum Gasteiger partial charge on any atom is 0.328 e. The molecule has 0 spiro atoms. The van der Waals surface area contributed by atoms with Crippen LogP contribution in [0.4, 0.5) is 0 Å². The molecule has 0 atom stereocenters. The Morgan fingerprint density at radius 1 is 1.33 bits per heavy atom. The lowest BCUT2D eigenvalue weighted by Crippen LogP contribution is -1.96. The van der Waals surface area contributed by atoms with E-state index < -0.39 is 5.97 Å². The van der Waals surface area contributed by atoms with Gasteiger partial charge in [0.15, 0.2) is 0 Å². The molecule has 1 rings (SSSR count). The van der Waals surface area contributed by atoms with Crippen LogP contribution in [0.15, 0.2) is 36.4 Å². The molecule has 0 fully saturated rings. The van der Waals surface area contributed by atoms with Crippen LogP contribution in [-0.4, -0.2) is 11.1 Å². The van der Waals surface area contributed by atoms with Crippen LogP contribution < -0.4 is 0 Å². The van der Waals surface area contributed by atoms with Crippen molar-refractivity contribution < 1.29 is 9.90 Å². The lowest BCUT2D eigenvalue weighted by Gasteiger charge is -2.09. The molecule has 2 nitrogen and oxygen atoms in total. The Kier molecular flexibility index (Phi) is 4.10. The van der Waals surface area contributed by atoms with Crippen molar-refractivity contribution >= 4 is 11.5 Å². The monoisotopic (exact) mass is 204 g/mol. The number of benzene rings is 1. The van der Waals surface area contributed by atoms with E-state index in [0.29, 0.717) is 5.92 Å². The number of hydrogen-bond donors (Lipinski definition) is 1. The molecule has 80 valence electrons. The minimum Gasteiger partial charge on any atom is -0.478 e. The van der Waals surface area contributed by atoms with Crippen molar-refractivity contribution in [2.45, 2.75) is 20.3 Å². The minimum absolute atomic E-state index is 0.454. The third-order valence-electron chi connectivity index (χ3n) is 2.07. The molecule has 0 aliphatic carbocycles. The Balaban J connectivity index is 2.97. The van der Waals surface area contributed by atoms with Crippen LogP contribution in [0.5, 0.6) is 0 Å². The highest BCUT2D eigenvalue weighted by molar-refractivity contribution is 5.90. The van der Waals surface area contributed by atoms with Gasteiger partial charge in [-0.2, -0.15) is 0 Å². The fraction of sp³-hybridized carbons (Fsp3) is 0.308. The van der Waals surface area contributed by atoms with Gasteiger partial charge in [-0.25, -0.2) is 4.79 Å². The average Bonchev–Trinajstić information content (AvgIpc) is 2.17. The Hall–Kier alpha value is -1.57. The lowest BCUT2D eigenvalue weighted by atomic mass is 9.96. The van der Waals surface area contributed by atoms with Crippen molar-refractivity contribution in [2.75, 3.05) is 0 Å². The molecule has 0 saturated heterocycles. The van der Waals surface area contributed by atoms with Gasteiger partial charge in [-0.1, -0.05) is 44.2 Å². The summed E-state index contributed by atoms with van der Waals surface area (Å²) >= 11 is 0. The predicted octanol–water partition coefficient (Wildman–Crippen LogP) is 3.20.